The number of halogens is 1. The van der Waals surface area contributed by atoms with E-state index in [1.807, 2.05) is 6.20 Å². The number of anilines is 1. The second-order valence-corrected chi connectivity index (χ2v) is 7.70. The number of aromatic nitrogens is 1. The van der Waals surface area contributed by atoms with Gasteiger partial charge in [-0.25, -0.2) is 9.98 Å². The Morgan fingerprint density at radius 1 is 1.31 bits per heavy atom. The van der Waals surface area contributed by atoms with Gasteiger partial charge in [0.15, 0.2) is 5.96 Å². The van der Waals surface area contributed by atoms with E-state index in [0.29, 0.717) is 12.5 Å². The highest BCUT2D eigenvalue weighted by molar-refractivity contribution is 14.0. The van der Waals surface area contributed by atoms with Crippen LogP contribution in [0.4, 0.5) is 5.69 Å². The molecule has 1 atom stereocenters. The molecule has 0 aliphatic carbocycles. The summed E-state index contributed by atoms with van der Waals surface area (Å²) in [5.74, 6) is 1.53. The fraction of sp³-hybridized carbons (Fsp3) is 0.474. The predicted molar refractivity (Wildman–Crippen MR) is 122 cm³/mol. The minimum Gasteiger partial charge on any atom is -0.371 e. The molecule has 7 heteroatoms. The molecule has 0 saturated carbocycles. The van der Waals surface area contributed by atoms with Gasteiger partial charge < -0.3 is 15.5 Å². The first-order valence-corrected chi connectivity index (χ1v) is 9.79. The van der Waals surface area contributed by atoms with Crippen molar-refractivity contribution in [3.63, 3.8) is 0 Å². The van der Waals surface area contributed by atoms with Gasteiger partial charge in [-0.05, 0) is 38.3 Å². The fourth-order valence-corrected chi connectivity index (χ4v) is 3.79. The Balaban J connectivity index is 0.00000243. The van der Waals surface area contributed by atoms with Gasteiger partial charge in [-0.3, -0.25) is 0 Å². The number of guanidine groups is 1. The summed E-state index contributed by atoms with van der Waals surface area (Å²) >= 11 is 1.71. The summed E-state index contributed by atoms with van der Waals surface area (Å²) in [7, 11) is 0. The number of benzene rings is 1. The number of thiazole rings is 1. The SMILES string of the molecule is CCNC(=NCc1ncc(C)s1)NCC1CCN(c2ccccc2)C1.I. The molecule has 26 heavy (non-hydrogen) atoms. The zero-order valence-corrected chi connectivity index (χ0v) is 18.6. The van der Waals surface area contributed by atoms with Crippen molar-refractivity contribution in [2.45, 2.75) is 26.8 Å². The van der Waals surface area contributed by atoms with Crippen molar-refractivity contribution in [1.29, 1.82) is 0 Å². The van der Waals surface area contributed by atoms with Crippen LogP contribution < -0.4 is 15.5 Å². The van der Waals surface area contributed by atoms with E-state index in [-0.39, 0.29) is 24.0 Å². The largest absolute Gasteiger partial charge is 0.371 e. The predicted octanol–water partition coefficient (Wildman–Crippen LogP) is 3.65. The number of aryl methyl sites for hydroxylation is 1. The average molecular weight is 485 g/mol. The fourth-order valence-electron chi connectivity index (χ4n) is 3.08. The van der Waals surface area contributed by atoms with Gasteiger partial charge in [-0.1, -0.05) is 18.2 Å². The smallest absolute Gasteiger partial charge is 0.191 e. The summed E-state index contributed by atoms with van der Waals surface area (Å²) in [6, 6.07) is 10.7. The van der Waals surface area contributed by atoms with Crippen LogP contribution in [0.15, 0.2) is 41.5 Å². The van der Waals surface area contributed by atoms with Crippen molar-refractivity contribution in [2.24, 2.45) is 10.9 Å². The molecule has 2 aromatic rings. The molecule has 1 aliphatic heterocycles. The van der Waals surface area contributed by atoms with E-state index in [1.54, 1.807) is 11.3 Å². The number of nitrogens with zero attached hydrogens (tertiary/aromatic N) is 3. The molecule has 1 aromatic carbocycles. The molecule has 0 spiro atoms. The van der Waals surface area contributed by atoms with Crippen LogP contribution in [0.5, 0.6) is 0 Å². The van der Waals surface area contributed by atoms with E-state index in [0.717, 1.165) is 37.1 Å². The Hall–Kier alpha value is -1.35. The van der Waals surface area contributed by atoms with Crippen molar-refractivity contribution in [3.8, 4) is 0 Å². The third-order valence-corrected chi connectivity index (χ3v) is 5.25. The van der Waals surface area contributed by atoms with Crippen molar-refractivity contribution in [3.05, 3.63) is 46.4 Å². The number of nitrogens with one attached hydrogen (secondary N) is 2. The number of para-hydroxylation sites is 1. The number of hydrogen-bond acceptors (Lipinski definition) is 4. The minimum atomic E-state index is 0. The van der Waals surface area contributed by atoms with Crippen LogP contribution in [0.1, 0.15) is 23.2 Å². The molecular formula is C19H28IN5S. The first kappa shape index (κ1) is 21.0. The number of rotatable bonds is 6. The lowest BCUT2D eigenvalue weighted by molar-refractivity contribution is 0.566. The zero-order valence-electron chi connectivity index (χ0n) is 15.4. The summed E-state index contributed by atoms with van der Waals surface area (Å²) in [6.07, 6.45) is 3.12. The molecule has 0 radical (unpaired) electrons. The van der Waals surface area contributed by atoms with E-state index in [2.05, 4.69) is 69.7 Å². The summed E-state index contributed by atoms with van der Waals surface area (Å²) in [6.45, 7) is 8.85. The molecular weight excluding hydrogens is 457 g/mol. The molecule has 1 aliphatic rings. The van der Waals surface area contributed by atoms with Crippen LogP contribution in [-0.4, -0.2) is 37.1 Å². The highest BCUT2D eigenvalue weighted by Gasteiger charge is 2.22. The molecule has 2 N–H and O–H groups in total. The standard InChI is InChI=1S/C19H27N5S.HI/c1-3-20-19(23-13-18-21-11-15(2)25-18)22-12-16-9-10-24(14-16)17-7-5-4-6-8-17;/h4-8,11,16H,3,9-10,12-14H2,1-2H3,(H2,20,22,23);1H. The summed E-state index contributed by atoms with van der Waals surface area (Å²) in [4.78, 5) is 12.7. The maximum absolute atomic E-state index is 4.66. The molecule has 1 saturated heterocycles. The van der Waals surface area contributed by atoms with Crippen molar-refractivity contribution in [1.82, 2.24) is 15.6 Å². The molecule has 2 heterocycles. The molecule has 1 unspecified atom stereocenters. The van der Waals surface area contributed by atoms with Gasteiger partial charge in [0.05, 0.1) is 6.54 Å². The maximum atomic E-state index is 4.66. The maximum Gasteiger partial charge on any atom is 0.191 e. The Labute approximate surface area is 177 Å². The Morgan fingerprint density at radius 2 is 2.12 bits per heavy atom. The molecule has 1 fully saturated rings. The van der Waals surface area contributed by atoms with Gasteiger partial charge in [-0.15, -0.1) is 35.3 Å². The number of hydrogen-bond donors (Lipinski definition) is 2. The zero-order chi connectivity index (χ0) is 17.5. The monoisotopic (exact) mass is 485 g/mol. The lowest BCUT2D eigenvalue weighted by atomic mass is 10.1. The Bertz CT molecular complexity index is 688. The van der Waals surface area contributed by atoms with E-state index in [9.17, 15) is 0 Å². The molecule has 0 bridgehead atoms. The van der Waals surface area contributed by atoms with E-state index in [1.165, 1.54) is 17.0 Å². The van der Waals surface area contributed by atoms with E-state index in [4.69, 9.17) is 0 Å². The van der Waals surface area contributed by atoms with Crippen LogP contribution in [-0.2, 0) is 6.54 Å². The summed E-state index contributed by atoms with van der Waals surface area (Å²) in [5.41, 5.74) is 1.32. The second kappa shape index (κ2) is 10.7. The van der Waals surface area contributed by atoms with Crippen LogP contribution in [0.2, 0.25) is 0 Å². The molecule has 142 valence electrons. The van der Waals surface area contributed by atoms with E-state index < -0.39 is 0 Å². The molecule has 3 rings (SSSR count). The van der Waals surface area contributed by atoms with Crippen molar-refractivity contribution in [2.75, 3.05) is 31.1 Å². The van der Waals surface area contributed by atoms with Crippen LogP contribution in [0, 0.1) is 12.8 Å². The summed E-state index contributed by atoms with van der Waals surface area (Å²) < 4.78 is 0. The third kappa shape index (κ3) is 6.12. The van der Waals surface area contributed by atoms with Crippen LogP contribution in [0.25, 0.3) is 0 Å². The lowest BCUT2D eigenvalue weighted by Gasteiger charge is -2.19. The van der Waals surface area contributed by atoms with Gasteiger partial charge in [0.25, 0.3) is 0 Å². The van der Waals surface area contributed by atoms with Gasteiger partial charge in [0.2, 0.25) is 0 Å². The lowest BCUT2D eigenvalue weighted by Crippen LogP contribution is -2.40. The highest BCUT2D eigenvalue weighted by Crippen LogP contribution is 2.22. The highest BCUT2D eigenvalue weighted by atomic mass is 127. The van der Waals surface area contributed by atoms with Crippen molar-refractivity contribution < 1.29 is 0 Å². The normalized spacial score (nSPS) is 17.1. The molecule has 5 nitrogen and oxygen atoms in total. The van der Waals surface area contributed by atoms with Crippen LogP contribution in [0.3, 0.4) is 0 Å². The van der Waals surface area contributed by atoms with Crippen LogP contribution >= 0.6 is 35.3 Å². The molecule has 0 amide bonds. The van der Waals surface area contributed by atoms with E-state index >= 15 is 0 Å². The van der Waals surface area contributed by atoms with Crippen molar-refractivity contribution >= 4 is 47.0 Å². The van der Waals surface area contributed by atoms with Gasteiger partial charge in [0.1, 0.15) is 5.01 Å². The molecule has 1 aromatic heterocycles. The Morgan fingerprint density at radius 3 is 2.81 bits per heavy atom. The van der Waals surface area contributed by atoms with Gasteiger partial charge in [-0.2, -0.15) is 0 Å². The van der Waals surface area contributed by atoms with Gasteiger partial charge >= 0.3 is 0 Å². The Kier molecular flexibility index (Phi) is 8.64. The first-order valence-electron chi connectivity index (χ1n) is 8.98. The third-order valence-electron chi connectivity index (χ3n) is 4.35. The quantitative estimate of drug-likeness (QED) is 0.373. The number of aliphatic imine (C=N–C) groups is 1. The average Bonchev–Trinajstić information content (AvgIpc) is 3.27. The first-order chi connectivity index (χ1) is 12.2. The second-order valence-electron chi connectivity index (χ2n) is 6.38. The topological polar surface area (TPSA) is 52.6 Å². The summed E-state index contributed by atoms with van der Waals surface area (Å²) in [5, 5.41) is 7.89. The van der Waals surface area contributed by atoms with Gasteiger partial charge in [0, 0.05) is 42.9 Å². The minimum absolute atomic E-state index is 0.